The van der Waals surface area contributed by atoms with Crippen LogP contribution in [0.15, 0.2) is 60.4 Å². The lowest BCUT2D eigenvalue weighted by Gasteiger charge is -1.84. The van der Waals surface area contributed by atoms with Gasteiger partial charge in [0.2, 0.25) is 0 Å². The summed E-state index contributed by atoms with van der Waals surface area (Å²) in [7, 11) is 0. The predicted octanol–water partition coefficient (Wildman–Crippen LogP) is 3.65. The van der Waals surface area contributed by atoms with Gasteiger partial charge in [-0.1, -0.05) is 19.2 Å². The maximum Gasteiger partial charge on any atom is 0.126 e. The van der Waals surface area contributed by atoms with Crippen molar-refractivity contribution in [1.29, 1.82) is 0 Å². The van der Waals surface area contributed by atoms with E-state index in [0.29, 0.717) is 0 Å². The molecule has 0 aromatic carbocycles. The standard InChI is InChI=1S/C7H7N.C6H6O/c1-2-7-5-3-4-6-8-7;1-2-6-4-3-5-7-6/h2-6H,1H2;2-5H,1H2. The van der Waals surface area contributed by atoms with E-state index in [1.54, 1.807) is 24.6 Å². The summed E-state index contributed by atoms with van der Waals surface area (Å²) in [5.41, 5.74) is 0.924. The van der Waals surface area contributed by atoms with E-state index in [1.165, 1.54) is 0 Å². The molecule has 0 amide bonds. The van der Waals surface area contributed by atoms with Crippen LogP contribution in [0.1, 0.15) is 11.5 Å². The number of nitrogens with zero attached hydrogens (tertiary/aromatic N) is 1. The van der Waals surface area contributed by atoms with Crippen molar-refractivity contribution in [3.8, 4) is 0 Å². The van der Waals surface area contributed by atoms with Gasteiger partial charge in [0, 0.05) is 6.20 Å². The molecule has 2 rings (SSSR count). The highest BCUT2D eigenvalue weighted by Crippen LogP contribution is 1.98. The SMILES string of the molecule is C=Cc1ccccn1.C=Cc1ccco1. The molecule has 0 aliphatic heterocycles. The number of hydrogen-bond donors (Lipinski definition) is 0. The van der Waals surface area contributed by atoms with Crippen LogP contribution in [-0.2, 0) is 0 Å². The van der Waals surface area contributed by atoms with E-state index < -0.39 is 0 Å². The molecule has 2 aromatic rings. The minimum atomic E-state index is 0.819. The summed E-state index contributed by atoms with van der Waals surface area (Å²) in [6, 6.07) is 9.41. The van der Waals surface area contributed by atoms with Gasteiger partial charge in [-0.15, -0.1) is 0 Å². The maximum absolute atomic E-state index is 4.86. The van der Waals surface area contributed by atoms with E-state index in [0.717, 1.165) is 11.5 Å². The summed E-state index contributed by atoms with van der Waals surface area (Å²) in [6.07, 6.45) is 6.76. The van der Waals surface area contributed by atoms with Gasteiger partial charge < -0.3 is 4.42 Å². The lowest BCUT2D eigenvalue weighted by atomic mass is 10.4. The average molecular weight is 199 g/mol. The summed E-state index contributed by atoms with van der Waals surface area (Å²) in [5, 5.41) is 0. The summed E-state index contributed by atoms with van der Waals surface area (Å²) in [4.78, 5) is 3.98. The molecule has 0 N–H and O–H groups in total. The number of rotatable bonds is 2. The molecule has 0 atom stereocenters. The zero-order valence-electron chi connectivity index (χ0n) is 8.47. The summed E-state index contributed by atoms with van der Waals surface area (Å²) < 4.78 is 4.86. The molecule has 76 valence electrons. The minimum Gasteiger partial charge on any atom is -0.465 e. The van der Waals surface area contributed by atoms with Gasteiger partial charge in [-0.25, -0.2) is 0 Å². The second-order valence-corrected chi connectivity index (χ2v) is 2.68. The highest BCUT2D eigenvalue weighted by molar-refractivity contribution is 5.40. The Morgan fingerprint density at radius 2 is 1.93 bits per heavy atom. The van der Waals surface area contributed by atoms with Gasteiger partial charge in [0.05, 0.1) is 12.0 Å². The second kappa shape index (κ2) is 6.38. The molecule has 0 aliphatic carbocycles. The van der Waals surface area contributed by atoms with Crippen molar-refractivity contribution in [2.24, 2.45) is 0 Å². The number of pyridine rings is 1. The number of hydrogen-bond acceptors (Lipinski definition) is 2. The summed E-state index contributed by atoms with van der Waals surface area (Å²) in [6.45, 7) is 7.08. The van der Waals surface area contributed by atoms with E-state index >= 15 is 0 Å². The van der Waals surface area contributed by atoms with Crippen LogP contribution in [0.2, 0.25) is 0 Å². The smallest absolute Gasteiger partial charge is 0.126 e. The Bertz CT molecular complexity index is 390. The van der Waals surface area contributed by atoms with Crippen molar-refractivity contribution >= 4 is 12.2 Å². The van der Waals surface area contributed by atoms with E-state index in [1.807, 2.05) is 30.3 Å². The highest BCUT2D eigenvalue weighted by atomic mass is 16.3. The van der Waals surface area contributed by atoms with Crippen LogP contribution in [0, 0.1) is 0 Å². The lowest BCUT2D eigenvalue weighted by molar-refractivity contribution is 0.557. The quantitative estimate of drug-likeness (QED) is 0.737. The first-order valence-corrected chi connectivity index (χ1v) is 4.56. The molecule has 2 nitrogen and oxygen atoms in total. The Balaban J connectivity index is 0.000000151. The van der Waals surface area contributed by atoms with Crippen molar-refractivity contribution < 1.29 is 4.42 Å². The van der Waals surface area contributed by atoms with Crippen molar-refractivity contribution in [3.05, 3.63) is 67.4 Å². The highest BCUT2D eigenvalue weighted by Gasteiger charge is 1.80. The molecule has 15 heavy (non-hydrogen) atoms. The van der Waals surface area contributed by atoms with Gasteiger partial charge >= 0.3 is 0 Å². The van der Waals surface area contributed by atoms with E-state index in [4.69, 9.17) is 4.42 Å². The molecule has 2 aromatic heterocycles. The van der Waals surface area contributed by atoms with Crippen LogP contribution in [0.25, 0.3) is 12.2 Å². The Morgan fingerprint density at radius 1 is 1.07 bits per heavy atom. The summed E-state index contributed by atoms with van der Waals surface area (Å²) in [5.74, 6) is 0.819. The fourth-order valence-electron chi connectivity index (χ4n) is 0.904. The van der Waals surface area contributed by atoms with Crippen LogP contribution in [-0.4, -0.2) is 4.98 Å². The second-order valence-electron chi connectivity index (χ2n) is 2.68. The first-order valence-electron chi connectivity index (χ1n) is 4.56. The predicted molar refractivity (Wildman–Crippen MR) is 63.1 cm³/mol. The largest absolute Gasteiger partial charge is 0.465 e. The third-order valence-corrected chi connectivity index (χ3v) is 1.64. The maximum atomic E-state index is 4.86. The number of furan rings is 1. The van der Waals surface area contributed by atoms with Gasteiger partial charge in [0.15, 0.2) is 0 Å². The van der Waals surface area contributed by atoms with Crippen LogP contribution in [0.5, 0.6) is 0 Å². The van der Waals surface area contributed by atoms with E-state index in [2.05, 4.69) is 18.1 Å². The van der Waals surface area contributed by atoms with Crippen LogP contribution >= 0.6 is 0 Å². The molecule has 0 aliphatic rings. The van der Waals surface area contributed by atoms with Crippen LogP contribution in [0.4, 0.5) is 0 Å². The third-order valence-electron chi connectivity index (χ3n) is 1.64. The topological polar surface area (TPSA) is 26.0 Å². The molecule has 0 saturated heterocycles. The molecular formula is C13H13NO. The normalized spacial score (nSPS) is 8.53. The van der Waals surface area contributed by atoms with Crippen molar-refractivity contribution in [2.75, 3.05) is 0 Å². The molecule has 0 saturated carbocycles. The Kier molecular flexibility index (Phi) is 4.67. The van der Waals surface area contributed by atoms with Gasteiger partial charge in [-0.3, -0.25) is 4.98 Å². The van der Waals surface area contributed by atoms with Gasteiger partial charge in [0.1, 0.15) is 5.76 Å². The zero-order chi connectivity index (χ0) is 10.9. The van der Waals surface area contributed by atoms with Crippen LogP contribution in [0.3, 0.4) is 0 Å². The molecular weight excluding hydrogens is 186 g/mol. The van der Waals surface area contributed by atoms with E-state index in [-0.39, 0.29) is 0 Å². The van der Waals surface area contributed by atoms with Crippen LogP contribution < -0.4 is 0 Å². The van der Waals surface area contributed by atoms with Crippen molar-refractivity contribution in [3.63, 3.8) is 0 Å². The van der Waals surface area contributed by atoms with Gasteiger partial charge in [0.25, 0.3) is 0 Å². The molecule has 0 spiro atoms. The van der Waals surface area contributed by atoms with Gasteiger partial charge in [-0.2, -0.15) is 0 Å². The van der Waals surface area contributed by atoms with Crippen molar-refractivity contribution in [1.82, 2.24) is 4.98 Å². The summed E-state index contributed by atoms with van der Waals surface area (Å²) >= 11 is 0. The molecule has 0 unspecified atom stereocenters. The van der Waals surface area contributed by atoms with Crippen molar-refractivity contribution in [2.45, 2.75) is 0 Å². The molecule has 0 fully saturated rings. The Morgan fingerprint density at radius 3 is 2.27 bits per heavy atom. The first kappa shape index (κ1) is 11.0. The van der Waals surface area contributed by atoms with Gasteiger partial charge in [-0.05, 0) is 36.4 Å². The average Bonchev–Trinajstić information content (AvgIpc) is 2.84. The fraction of sp³-hybridized carbons (Fsp3) is 0. The molecule has 0 bridgehead atoms. The molecule has 0 radical (unpaired) electrons. The number of aromatic nitrogens is 1. The minimum absolute atomic E-state index is 0.819. The Hall–Kier alpha value is -2.09. The molecule has 2 heteroatoms. The third kappa shape index (κ3) is 4.09. The zero-order valence-corrected chi connectivity index (χ0v) is 8.47. The van der Waals surface area contributed by atoms with E-state index in [9.17, 15) is 0 Å². The monoisotopic (exact) mass is 199 g/mol. The Labute approximate surface area is 89.6 Å². The lowest BCUT2D eigenvalue weighted by Crippen LogP contribution is -1.73. The first-order chi connectivity index (χ1) is 7.36. The molecule has 2 heterocycles. The fourth-order valence-corrected chi connectivity index (χ4v) is 0.904.